The minimum atomic E-state index is 0.123. The van der Waals surface area contributed by atoms with E-state index in [0.29, 0.717) is 18.6 Å². The number of rotatable bonds is 7. The van der Waals surface area contributed by atoms with Gasteiger partial charge in [0.15, 0.2) is 0 Å². The molecule has 0 unspecified atom stereocenters. The molecule has 2 aromatic rings. The van der Waals surface area contributed by atoms with Crippen LogP contribution in [0.3, 0.4) is 0 Å². The molecule has 1 aliphatic heterocycles. The molecule has 1 aromatic carbocycles. The second-order valence-corrected chi connectivity index (χ2v) is 7.09. The average Bonchev–Trinajstić information content (AvgIpc) is 3.41. The molecule has 0 N–H and O–H groups in total. The molecule has 0 radical (unpaired) electrons. The Bertz CT molecular complexity index is 723. The fourth-order valence-corrected chi connectivity index (χ4v) is 3.30. The summed E-state index contributed by atoms with van der Waals surface area (Å²) < 4.78 is 11.2. The number of carbonyl (C=O) groups is 1. The van der Waals surface area contributed by atoms with Gasteiger partial charge in [0.05, 0.1) is 6.61 Å². The van der Waals surface area contributed by atoms with Crippen LogP contribution in [-0.4, -0.2) is 41.6 Å². The maximum Gasteiger partial charge on any atom is 0.254 e. The zero-order valence-corrected chi connectivity index (χ0v) is 14.8. The summed E-state index contributed by atoms with van der Waals surface area (Å²) in [5.74, 6) is 1.35. The highest BCUT2D eigenvalue weighted by molar-refractivity contribution is 5.94. The number of nitrogens with zero attached hydrogens (tertiary/aromatic N) is 2. The van der Waals surface area contributed by atoms with E-state index in [-0.39, 0.29) is 5.91 Å². The van der Waals surface area contributed by atoms with Crippen LogP contribution in [0.15, 0.2) is 48.8 Å². The molecule has 136 valence electrons. The first kappa shape index (κ1) is 17.0. The lowest BCUT2D eigenvalue weighted by Crippen LogP contribution is -2.37. The van der Waals surface area contributed by atoms with Crippen molar-refractivity contribution in [3.8, 4) is 5.75 Å². The maximum atomic E-state index is 12.9. The predicted molar refractivity (Wildman–Crippen MR) is 98.0 cm³/mol. The SMILES string of the molecule is O=C(c1ccc(OCc2cccnc2)cc1)N(C[C@H]1CCOC1)C1CC1. The molecule has 26 heavy (non-hydrogen) atoms. The number of carbonyl (C=O) groups excluding carboxylic acids is 1. The Morgan fingerprint density at radius 1 is 1.19 bits per heavy atom. The summed E-state index contributed by atoms with van der Waals surface area (Å²) >= 11 is 0. The van der Waals surface area contributed by atoms with Gasteiger partial charge in [-0.2, -0.15) is 0 Å². The summed E-state index contributed by atoms with van der Waals surface area (Å²) in [7, 11) is 0. The van der Waals surface area contributed by atoms with Gasteiger partial charge in [-0.3, -0.25) is 9.78 Å². The fraction of sp³-hybridized carbons (Fsp3) is 0.429. The molecule has 2 aliphatic rings. The Morgan fingerprint density at radius 3 is 2.69 bits per heavy atom. The second kappa shape index (κ2) is 7.87. The zero-order valence-electron chi connectivity index (χ0n) is 14.8. The summed E-state index contributed by atoms with van der Waals surface area (Å²) in [6.45, 7) is 2.87. The van der Waals surface area contributed by atoms with E-state index in [4.69, 9.17) is 9.47 Å². The number of hydrogen-bond donors (Lipinski definition) is 0. The van der Waals surface area contributed by atoms with E-state index < -0.39 is 0 Å². The van der Waals surface area contributed by atoms with Crippen LogP contribution in [0.1, 0.15) is 35.2 Å². The van der Waals surface area contributed by atoms with Gasteiger partial charge in [0.2, 0.25) is 0 Å². The van der Waals surface area contributed by atoms with Crippen molar-refractivity contribution in [2.24, 2.45) is 5.92 Å². The first-order valence-electron chi connectivity index (χ1n) is 9.30. The Morgan fingerprint density at radius 2 is 2.04 bits per heavy atom. The summed E-state index contributed by atoms with van der Waals surface area (Å²) in [4.78, 5) is 19.1. The first-order valence-corrected chi connectivity index (χ1v) is 9.30. The molecule has 1 aromatic heterocycles. The third-order valence-electron chi connectivity index (χ3n) is 4.96. The van der Waals surface area contributed by atoms with Crippen molar-refractivity contribution in [3.05, 3.63) is 59.9 Å². The van der Waals surface area contributed by atoms with Crippen LogP contribution in [0.25, 0.3) is 0 Å². The Kier molecular flexibility index (Phi) is 5.16. The minimum Gasteiger partial charge on any atom is -0.489 e. The van der Waals surface area contributed by atoms with Crippen molar-refractivity contribution >= 4 is 5.91 Å². The molecule has 5 heteroatoms. The molecular weight excluding hydrogens is 328 g/mol. The zero-order chi connectivity index (χ0) is 17.8. The van der Waals surface area contributed by atoms with Crippen LogP contribution < -0.4 is 4.74 Å². The summed E-state index contributed by atoms with van der Waals surface area (Å²) in [6.07, 6.45) is 6.82. The average molecular weight is 352 g/mol. The van der Waals surface area contributed by atoms with Gasteiger partial charge in [-0.1, -0.05) is 6.07 Å². The predicted octanol–water partition coefficient (Wildman–Crippen LogP) is 3.30. The Balaban J connectivity index is 1.37. The van der Waals surface area contributed by atoms with E-state index >= 15 is 0 Å². The number of amides is 1. The maximum absolute atomic E-state index is 12.9. The van der Waals surface area contributed by atoms with E-state index in [1.807, 2.05) is 41.3 Å². The number of pyridine rings is 1. The number of benzene rings is 1. The van der Waals surface area contributed by atoms with Crippen LogP contribution in [0.4, 0.5) is 0 Å². The Hall–Kier alpha value is -2.40. The van der Waals surface area contributed by atoms with Gasteiger partial charge in [-0.15, -0.1) is 0 Å². The summed E-state index contributed by atoms with van der Waals surface area (Å²) in [5.41, 5.74) is 1.75. The second-order valence-electron chi connectivity index (χ2n) is 7.09. The number of aromatic nitrogens is 1. The number of ether oxygens (including phenoxy) is 2. The van der Waals surface area contributed by atoms with Crippen molar-refractivity contribution in [3.63, 3.8) is 0 Å². The molecule has 1 saturated heterocycles. The van der Waals surface area contributed by atoms with E-state index in [1.54, 1.807) is 12.4 Å². The molecule has 4 rings (SSSR count). The highest BCUT2D eigenvalue weighted by Crippen LogP contribution is 2.30. The van der Waals surface area contributed by atoms with Gasteiger partial charge in [0.25, 0.3) is 5.91 Å². The van der Waals surface area contributed by atoms with E-state index in [9.17, 15) is 4.79 Å². The molecule has 0 spiro atoms. The van der Waals surface area contributed by atoms with Gasteiger partial charge in [-0.05, 0) is 49.6 Å². The first-order chi connectivity index (χ1) is 12.8. The van der Waals surface area contributed by atoms with Crippen LogP contribution in [0.5, 0.6) is 5.75 Å². The molecule has 2 fully saturated rings. The minimum absolute atomic E-state index is 0.123. The molecule has 0 bridgehead atoms. The largest absolute Gasteiger partial charge is 0.489 e. The lowest BCUT2D eigenvalue weighted by Gasteiger charge is -2.25. The molecular formula is C21H24N2O3. The smallest absolute Gasteiger partial charge is 0.254 e. The van der Waals surface area contributed by atoms with Gasteiger partial charge >= 0.3 is 0 Å². The quantitative estimate of drug-likeness (QED) is 0.767. The molecule has 1 aliphatic carbocycles. The van der Waals surface area contributed by atoms with E-state index in [0.717, 1.165) is 55.9 Å². The highest BCUT2D eigenvalue weighted by atomic mass is 16.5. The van der Waals surface area contributed by atoms with Crippen LogP contribution in [0, 0.1) is 5.92 Å². The topological polar surface area (TPSA) is 51.7 Å². The van der Waals surface area contributed by atoms with Crippen LogP contribution in [-0.2, 0) is 11.3 Å². The lowest BCUT2D eigenvalue weighted by atomic mass is 10.1. The molecule has 1 atom stereocenters. The van der Waals surface area contributed by atoms with Crippen molar-refractivity contribution in [1.29, 1.82) is 0 Å². The monoisotopic (exact) mass is 352 g/mol. The van der Waals surface area contributed by atoms with Crippen molar-refractivity contribution in [2.75, 3.05) is 19.8 Å². The highest BCUT2D eigenvalue weighted by Gasteiger charge is 2.35. The summed E-state index contributed by atoms with van der Waals surface area (Å²) in [6, 6.07) is 11.7. The molecule has 5 nitrogen and oxygen atoms in total. The lowest BCUT2D eigenvalue weighted by molar-refractivity contribution is 0.0706. The molecule has 1 saturated carbocycles. The third-order valence-corrected chi connectivity index (χ3v) is 4.96. The van der Waals surface area contributed by atoms with Crippen molar-refractivity contribution < 1.29 is 14.3 Å². The normalized spacial score (nSPS) is 19.3. The molecule has 2 heterocycles. The van der Waals surface area contributed by atoms with Gasteiger partial charge in [-0.25, -0.2) is 0 Å². The fourth-order valence-electron chi connectivity index (χ4n) is 3.30. The summed E-state index contributed by atoms with van der Waals surface area (Å²) in [5, 5.41) is 0. The van der Waals surface area contributed by atoms with Crippen LogP contribution >= 0.6 is 0 Å². The van der Waals surface area contributed by atoms with E-state index in [2.05, 4.69) is 4.98 Å². The Labute approximate surface area is 153 Å². The van der Waals surface area contributed by atoms with Crippen molar-refractivity contribution in [2.45, 2.75) is 31.9 Å². The van der Waals surface area contributed by atoms with Crippen molar-refractivity contribution in [1.82, 2.24) is 9.88 Å². The third kappa shape index (κ3) is 4.22. The number of hydrogen-bond acceptors (Lipinski definition) is 4. The standard InChI is InChI=1S/C21H24N2O3/c24-21(23(19-5-6-19)13-17-9-11-25-14-17)18-3-7-20(8-4-18)26-15-16-2-1-10-22-12-16/h1-4,7-8,10,12,17,19H,5-6,9,11,13-15H2/t17-/m1/s1. The van der Waals surface area contributed by atoms with E-state index in [1.165, 1.54) is 0 Å². The van der Waals surface area contributed by atoms with Gasteiger partial charge < -0.3 is 14.4 Å². The van der Waals surface area contributed by atoms with Crippen LogP contribution in [0.2, 0.25) is 0 Å². The van der Waals surface area contributed by atoms with Gasteiger partial charge in [0, 0.05) is 48.6 Å². The molecule has 1 amide bonds. The van der Waals surface area contributed by atoms with Gasteiger partial charge in [0.1, 0.15) is 12.4 Å².